The summed E-state index contributed by atoms with van der Waals surface area (Å²) in [6, 6.07) is 10.1. The number of nitrogens with zero attached hydrogens (tertiary/aromatic N) is 1. The van der Waals surface area contributed by atoms with E-state index in [0.717, 1.165) is 4.47 Å². The molecule has 2 aromatic rings. The number of carbonyl (C=O) groups is 2. The summed E-state index contributed by atoms with van der Waals surface area (Å²) in [7, 11) is 1.50. The van der Waals surface area contributed by atoms with Gasteiger partial charge in [0.2, 0.25) is 5.91 Å². The van der Waals surface area contributed by atoms with Gasteiger partial charge in [-0.1, -0.05) is 39.7 Å². The lowest BCUT2D eigenvalue weighted by molar-refractivity contribution is -0.142. The van der Waals surface area contributed by atoms with Gasteiger partial charge in [0, 0.05) is 18.1 Å². The molecule has 1 unspecified atom stereocenters. The van der Waals surface area contributed by atoms with Crippen molar-refractivity contribution >= 4 is 39.3 Å². The van der Waals surface area contributed by atoms with Gasteiger partial charge in [0.05, 0.1) is 5.02 Å². The molecule has 5 nitrogen and oxygen atoms in total. The van der Waals surface area contributed by atoms with Crippen LogP contribution < -0.4 is 10.1 Å². The van der Waals surface area contributed by atoms with Gasteiger partial charge >= 0.3 is 0 Å². The van der Waals surface area contributed by atoms with Gasteiger partial charge in [0.15, 0.2) is 6.61 Å². The van der Waals surface area contributed by atoms with Gasteiger partial charge in [-0.25, -0.2) is 4.39 Å². The molecule has 0 aliphatic carbocycles. The maximum atomic E-state index is 13.1. The van der Waals surface area contributed by atoms with Crippen molar-refractivity contribution in [1.29, 1.82) is 0 Å². The molecule has 2 aromatic carbocycles. The van der Waals surface area contributed by atoms with E-state index in [1.165, 1.54) is 24.1 Å². The number of hydrogen-bond acceptors (Lipinski definition) is 3. The van der Waals surface area contributed by atoms with Crippen LogP contribution in [-0.2, 0) is 16.1 Å². The third-order valence-corrected chi connectivity index (χ3v) is 4.71. The van der Waals surface area contributed by atoms with Crippen LogP contribution in [0.3, 0.4) is 0 Å². The Morgan fingerprint density at radius 3 is 2.52 bits per heavy atom. The number of amides is 2. The van der Waals surface area contributed by atoms with Gasteiger partial charge in [-0.15, -0.1) is 0 Å². The van der Waals surface area contributed by atoms with E-state index in [1.54, 1.807) is 37.3 Å². The van der Waals surface area contributed by atoms with Gasteiger partial charge < -0.3 is 15.0 Å². The standard InChI is InChI=1S/C19H19BrClFN2O3/c1-12(19(26)23-2)24(10-13-3-6-15(22)7-4-13)18(25)11-27-17-8-5-14(20)9-16(17)21/h3-9,12H,10-11H2,1-2H3,(H,23,26). The molecule has 0 saturated heterocycles. The number of carbonyl (C=O) groups excluding carboxylic acids is 2. The fourth-order valence-corrected chi connectivity index (χ4v) is 3.12. The lowest BCUT2D eigenvalue weighted by Gasteiger charge is -2.28. The highest BCUT2D eigenvalue weighted by Gasteiger charge is 2.26. The van der Waals surface area contributed by atoms with Crippen LogP contribution in [0.2, 0.25) is 5.02 Å². The summed E-state index contributed by atoms with van der Waals surface area (Å²) in [5.41, 5.74) is 0.696. The highest BCUT2D eigenvalue weighted by Crippen LogP contribution is 2.27. The molecule has 1 atom stereocenters. The second-order valence-electron chi connectivity index (χ2n) is 5.80. The zero-order valence-electron chi connectivity index (χ0n) is 14.8. The van der Waals surface area contributed by atoms with Gasteiger partial charge in [-0.05, 0) is 42.8 Å². The first kappa shape index (κ1) is 21.2. The molecule has 2 amide bonds. The Morgan fingerprint density at radius 2 is 1.93 bits per heavy atom. The second kappa shape index (κ2) is 9.71. The molecule has 0 fully saturated rings. The van der Waals surface area contributed by atoms with E-state index in [-0.39, 0.29) is 24.9 Å². The summed E-state index contributed by atoms with van der Waals surface area (Å²) in [6.07, 6.45) is 0. The van der Waals surface area contributed by atoms with Crippen molar-refractivity contribution in [3.63, 3.8) is 0 Å². The van der Waals surface area contributed by atoms with Crippen LogP contribution in [-0.4, -0.2) is 36.4 Å². The van der Waals surface area contributed by atoms with E-state index in [1.807, 2.05) is 0 Å². The van der Waals surface area contributed by atoms with E-state index in [0.29, 0.717) is 16.3 Å². The van der Waals surface area contributed by atoms with Gasteiger partial charge in [-0.2, -0.15) is 0 Å². The minimum absolute atomic E-state index is 0.144. The second-order valence-corrected chi connectivity index (χ2v) is 7.12. The number of ether oxygens (including phenoxy) is 1. The Hall–Kier alpha value is -2.12. The van der Waals surface area contributed by atoms with E-state index in [4.69, 9.17) is 16.3 Å². The van der Waals surface area contributed by atoms with Crippen LogP contribution in [0.4, 0.5) is 4.39 Å². The number of hydrogen-bond donors (Lipinski definition) is 1. The van der Waals surface area contributed by atoms with Crippen LogP contribution in [0, 0.1) is 5.82 Å². The Balaban J connectivity index is 2.14. The third kappa shape index (κ3) is 5.94. The third-order valence-electron chi connectivity index (χ3n) is 3.92. The summed E-state index contributed by atoms with van der Waals surface area (Å²) < 4.78 is 19.4. The summed E-state index contributed by atoms with van der Waals surface area (Å²) in [6.45, 7) is 1.47. The van der Waals surface area contributed by atoms with E-state index < -0.39 is 11.9 Å². The molecule has 2 rings (SSSR count). The summed E-state index contributed by atoms with van der Waals surface area (Å²) in [4.78, 5) is 26.1. The van der Waals surface area contributed by atoms with Crippen molar-refractivity contribution in [3.8, 4) is 5.75 Å². The number of rotatable bonds is 7. The molecule has 0 spiro atoms. The molecule has 144 valence electrons. The van der Waals surface area contributed by atoms with Crippen LogP contribution in [0.5, 0.6) is 5.75 Å². The average Bonchev–Trinajstić information content (AvgIpc) is 2.65. The molecule has 1 N–H and O–H groups in total. The number of benzene rings is 2. The molecule has 0 heterocycles. The Kier molecular flexibility index (Phi) is 7.62. The van der Waals surface area contributed by atoms with Crippen molar-refractivity contribution in [2.45, 2.75) is 19.5 Å². The van der Waals surface area contributed by atoms with E-state index >= 15 is 0 Å². The number of likely N-dealkylation sites (N-methyl/N-ethyl adjacent to an activating group) is 1. The normalized spacial score (nSPS) is 11.6. The molecule has 0 aromatic heterocycles. The molecule has 8 heteroatoms. The van der Waals surface area contributed by atoms with Crippen molar-refractivity contribution in [3.05, 3.63) is 63.3 Å². The van der Waals surface area contributed by atoms with Gasteiger partial charge in [0.1, 0.15) is 17.6 Å². The average molecular weight is 458 g/mol. The lowest BCUT2D eigenvalue weighted by Crippen LogP contribution is -2.48. The smallest absolute Gasteiger partial charge is 0.261 e. The highest BCUT2D eigenvalue weighted by molar-refractivity contribution is 9.10. The first-order chi connectivity index (χ1) is 12.8. The predicted octanol–water partition coefficient (Wildman–Crippen LogP) is 3.78. The Labute approximate surface area is 170 Å². The quantitative estimate of drug-likeness (QED) is 0.688. The largest absolute Gasteiger partial charge is 0.482 e. The topological polar surface area (TPSA) is 58.6 Å². The summed E-state index contributed by atoms with van der Waals surface area (Å²) in [5.74, 6) is -0.715. The zero-order valence-corrected chi connectivity index (χ0v) is 17.2. The first-order valence-corrected chi connectivity index (χ1v) is 9.32. The van der Waals surface area contributed by atoms with Crippen LogP contribution in [0.25, 0.3) is 0 Å². The van der Waals surface area contributed by atoms with Crippen molar-refractivity contribution in [2.75, 3.05) is 13.7 Å². The van der Waals surface area contributed by atoms with Crippen LogP contribution in [0.15, 0.2) is 46.9 Å². The van der Waals surface area contributed by atoms with E-state index in [9.17, 15) is 14.0 Å². The van der Waals surface area contributed by atoms with Crippen molar-refractivity contribution in [1.82, 2.24) is 10.2 Å². The molecular formula is C19H19BrClFN2O3. The van der Waals surface area contributed by atoms with Crippen molar-refractivity contribution in [2.24, 2.45) is 0 Å². The van der Waals surface area contributed by atoms with E-state index in [2.05, 4.69) is 21.2 Å². The van der Waals surface area contributed by atoms with Crippen LogP contribution >= 0.6 is 27.5 Å². The highest BCUT2D eigenvalue weighted by atomic mass is 79.9. The monoisotopic (exact) mass is 456 g/mol. The Bertz CT molecular complexity index is 817. The number of halogens is 3. The first-order valence-electron chi connectivity index (χ1n) is 8.15. The maximum absolute atomic E-state index is 13.1. The van der Waals surface area contributed by atoms with Crippen LogP contribution in [0.1, 0.15) is 12.5 Å². The fraction of sp³-hybridized carbons (Fsp3) is 0.263. The SMILES string of the molecule is CNC(=O)C(C)N(Cc1ccc(F)cc1)C(=O)COc1ccc(Br)cc1Cl. The number of nitrogens with one attached hydrogen (secondary N) is 1. The Morgan fingerprint density at radius 1 is 1.26 bits per heavy atom. The molecule has 27 heavy (non-hydrogen) atoms. The molecule has 0 radical (unpaired) electrons. The molecule has 0 saturated carbocycles. The van der Waals surface area contributed by atoms with Crippen molar-refractivity contribution < 1.29 is 18.7 Å². The maximum Gasteiger partial charge on any atom is 0.261 e. The van der Waals surface area contributed by atoms with Gasteiger partial charge in [0.25, 0.3) is 5.91 Å². The molecule has 0 aliphatic rings. The fourth-order valence-electron chi connectivity index (χ4n) is 2.39. The molecule has 0 bridgehead atoms. The lowest BCUT2D eigenvalue weighted by atomic mass is 10.1. The predicted molar refractivity (Wildman–Crippen MR) is 105 cm³/mol. The summed E-state index contributed by atoms with van der Waals surface area (Å²) in [5, 5.41) is 2.89. The minimum Gasteiger partial charge on any atom is -0.482 e. The summed E-state index contributed by atoms with van der Waals surface area (Å²) >= 11 is 9.39. The molecular weight excluding hydrogens is 439 g/mol. The zero-order chi connectivity index (χ0) is 20.0. The minimum atomic E-state index is -0.725. The van der Waals surface area contributed by atoms with Gasteiger partial charge in [-0.3, -0.25) is 9.59 Å². The molecule has 0 aliphatic heterocycles.